The Hall–Kier alpha value is -2.81. The first kappa shape index (κ1) is 30.7. The smallest absolute Gasteiger partial charge is 0.258 e. The highest BCUT2D eigenvalue weighted by atomic mass is 79.9. The molecule has 0 N–H and O–H groups in total. The third kappa shape index (κ3) is 7.24. The van der Waals surface area contributed by atoms with Gasteiger partial charge in [-0.1, -0.05) is 50.9 Å². The van der Waals surface area contributed by atoms with Crippen LogP contribution >= 0.6 is 61.8 Å². The number of nitrogens with zero attached hydrogens (tertiary/aromatic N) is 3. The van der Waals surface area contributed by atoms with Gasteiger partial charge in [-0.3, -0.25) is 20.2 Å². The maximum atomic E-state index is 10.9. The monoisotopic (exact) mass is 665 g/mol. The Bertz CT molecular complexity index is 1590. The van der Waals surface area contributed by atoms with Crippen molar-refractivity contribution in [1.29, 1.82) is 5.26 Å². The molecule has 12 heteroatoms. The van der Waals surface area contributed by atoms with E-state index in [-0.39, 0.29) is 16.8 Å². The zero-order valence-corrected chi connectivity index (χ0v) is 25.9. The second kappa shape index (κ2) is 12.1. The fourth-order valence-electron chi connectivity index (χ4n) is 3.75. The molecule has 2 heterocycles. The minimum atomic E-state index is -0.458. The van der Waals surface area contributed by atoms with Gasteiger partial charge in [0.2, 0.25) is 0 Å². The lowest BCUT2D eigenvalue weighted by molar-refractivity contribution is -0.385. The summed E-state index contributed by atoms with van der Waals surface area (Å²) in [6.07, 6.45) is 0. The quantitative estimate of drug-likeness (QED) is 0.150. The van der Waals surface area contributed by atoms with Crippen LogP contribution in [0, 0.1) is 31.6 Å². The summed E-state index contributed by atoms with van der Waals surface area (Å²) in [7, 11) is 0. The van der Waals surface area contributed by atoms with Crippen LogP contribution in [-0.4, -0.2) is 9.85 Å². The largest absolute Gasteiger partial charge is 0.271 e. The van der Waals surface area contributed by atoms with Gasteiger partial charge in [-0.2, -0.15) is 5.26 Å². The molecule has 4 rings (SSSR count). The Labute approximate surface area is 252 Å². The molecule has 0 aliphatic rings. The van der Waals surface area contributed by atoms with Gasteiger partial charge in [0.05, 0.1) is 13.6 Å². The highest BCUT2D eigenvalue weighted by molar-refractivity contribution is 9.11. The maximum absolute atomic E-state index is 10.9. The SMILES string of the molecule is CC(C)(c1cc(Cl)cc([N+](=O)[O-])c1)c1ccc(Br)s1.CC(C)(c1cc(Cl)cc([N+](=O)[O-])c1)c1ccc(C#N)s1. The van der Waals surface area contributed by atoms with Gasteiger partial charge in [0, 0.05) is 54.9 Å². The van der Waals surface area contributed by atoms with Crippen LogP contribution in [0.25, 0.3) is 0 Å². The summed E-state index contributed by atoms with van der Waals surface area (Å²) in [5.41, 5.74) is 0.801. The molecule has 0 aliphatic heterocycles. The summed E-state index contributed by atoms with van der Waals surface area (Å²) >= 11 is 18.4. The molecule has 0 fully saturated rings. The third-order valence-corrected chi connectivity index (χ3v) is 9.85. The van der Waals surface area contributed by atoms with Crippen molar-refractivity contribution in [3.8, 4) is 6.07 Å². The van der Waals surface area contributed by atoms with Gasteiger partial charge in [0.1, 0.15) is 10.9 Å². The summed E-state index contributed by atoms with van der Waals surface area (Å²) in [4.78, 5) is 23.7. The molecule has 0 spiro atoms. The lowest BCUT2D eigenvalue weighted by atomic mass is 9.83. The molecule has 202 valence electrons. The van der Waals surface area contributed by atoms with Crippen LogP contribution in [0.15, 0.2) is 64.5 Å². The van der Waals surface area contributed by atoms with E-state index in [9.17, 15) is 20.2 Å². The number of hydrogen-bond acceptors (Lipinski definition) is 7. The van der Waals surface area contributed by atoms with Gasteiger partial charge < -0.3 is 0 Å². The van der Waals surface area contributed by atoms with E-state index in [2.05, 4.69) is 22.0 Å². The van der Waals surface area contributed by atoms with Crippen molar-refractivity contribution in [3.05, 3.63) is 120 Å². The number of non-ortho nitro benzene ring substituents is 2. The number of thiophene rings is 2. The molecule has 0 radical (unpaired) electrons. The molecule has 0 saturated heterocycles. The number of nitro benzene ring substituents is 2. The number of nitro groups is 2. The Morgan fingerprint density at radius 3 is 1.56 bits per heavy atom. The van der Waals surface area contributed by atoms with Crippen molar-refractivity contribution in [3.63, 3.8) is 0 Å². The van der Waals surface area contributed by atoms with Gasteiger partial charge in [-0.25, -0.2) is 0 Å². The number of halogens is 3. The number of nitriles is 1. The molecule has 0 amide bonds. The zero-order chi connectivity index (χ0) is 29.1. The summed E-state index contributed by atoms with van der Waals surface area (Å²) < 4.78 is 1.03. The van der Waals surface area contributed by atoms with E-state index in [1.165, 1.54) is 29.5 Å². The van der Waals surface area contributed by atoms with Gasteiger partial charge in [0.25, 0.3) is 11.4 Å². The Morgan fingerprint density at radius 2 is 1.21 bits per heavy atom. The minimum absolute atomic E-state index is 0.0196. The molecule has 4 aromatic rings. The summed E-state index contributed by atoms with van der Waals surface area (Å²) in [5, 5.41) is 31.5. The standard InChI is InChI=1S/C14H11ClN2O2S.C13H11BrClNO2S/c1-14(2,13-4-3-12(8-16)20-13)9-5-10(15)7-11(6-9)17(18)19;1-13(2,11-3-4-12(14)19-11)8-5-9(15)7-10(6-8)16(17)18/h3-7H,1-2H3;3-7H,1-2H3. The van der Waals surface area contributed by atoms with E-state index in [1.807, 2.05) is 45.9 Å². The maximum Gasteiger partial charge on any atom is 0.271 e. The highest BCUT2D eigenvalue weighted by Crippen LogP contribution is 2.40. The lowest BCUT2D eigenvalue weighted by Crippen LogP contribution is -2.17. The van der Waals surface area contributed by atoms with E-state index in [0.717, 1.165) is 24.7 Å². The van der Waals surface area contributed by atoms with Crippen molar-refractivity contribution in [2.24, 2.45) is 0 Å². The average Bonchev–Trinajstić information content (AvgIpc) is 3.53. The van der Waals surface area contributed by atoms with E-state index in [4.69, 9.17) is 28.5 Å². The Kier molecular flexibility index (Phi) is 9.57. The number of benzene rings is 2. The fraction of sp³-hybridized carbons (Fsp3) is 0.222. The molecule has 39 heavy (non-hydrogen) atoms. The molecule has 2 aromatic heterocycles. The van der Waals surface area contributed by atoms with Crippen molar-refractivity contribution in [2.75, 3.05) is 0 Å². The second-order valence-corrected chi connectivity index (χ2v) is 14.0. The topological polar surface area (TPSA) is 110 Å². The van der Waals surface area contributed by atoms with Crippen LogP contribution in [0.5, 0.6) is 0 Å². The summed E-state index contributed by atoms with van der Waals surface area (Å²) in [6, 6.07) is 19.0. The van der Waals surface area contributed by atoms with Gasteiger partial charge >= 0.3 is 0 Å². The molecule has 0 unspecified atom stereocenters. The number of hydrogen-bond donors (Lipinski definition) is 0. The van der Waals surface area contributed by atoms with Crippen LogP contribution in [0.1, 0.15) is 53.5 Å². The molecular formula is C27H22BrCl2N3O4S2. The molecule has 0 atom stereocenters. The summed E-state index contributed by atoms with van der Waals surface area (Å²) in [5.74, 6) is 0. The Balaban J connectivity index is 0.000000216. The first-order chi connectivity index (χ1) is 18.1. The van der Waals surface area contributed by atoms with Crippen molar-refractivity contribution in [2.45, 2.75) is 38.5 Å². The molecule has 2 aromatic carbocycles. The molecule has 0 aliphatic carbocycles. The third-order valence-electron chi connectivity index (χ3n) is 6.15. The first-order valence-corrected chi connectivity index (χ1v) is 14.5. The molecule has 7 nitrogen and oxygen atoms in total. The van der Waals surface area contributed by atoms with Gasteiger partial charge in [-0.05, 0) is 63.5 Å². The normalized spacial score (nSPS) is 11.3. The van der Waals surface area contributed by atoms with Crippen LogP contribution in [0.3, 0.4) is 0 Å². The minimum Gasteiger partial charge on any atom is -0.258 e. The van der Waals surface area contributed by atoms with Gasteiger partial charge in [0.15, 0.2) is 0 Å². The fourth-order valence-corrected chi connectivity index (χ4v) is 6.65. The molecular weight excluding hydrogens is 645 g/mol. The van der Waals surface area contributed by atoms with E-state index in [1.54, 1.807) is 35.6 Å². The van der Waals surface area contributed by atoms with E-state index >= 15 is 0 Å². The van der Waals surface area contributed by atoms with Crippen LogP contribution in [0.4, 0.5) is 11.4 Å². The van der Waals surface area contributed by atoms with Crippen molar-refractivity contribution >= 4 is 73.2 Å². The van der Waals surface area contributed by atoms with E-state index < -0.39 is 15.3 Å². The lowest BCUT2D eigenvalue weighted by Gasteiger charge is -2.24. The summed E-state index contributed by atoms with van der Waals surface area (Å²) in [6.45, 7) is 7.96. The second-order valence-electron chi connectivity index (χ2n) is 9.54. The number of rotatable bonds is 6. The van der Waals surface area contributed by atoms with E-state index in [0.29, 0.717) is 14.9 Å². The van der Waals surface area contributed by atoms with Crippen molar-refractivity contribution < 1.29 is 9.85 Å². The zero-order valence-electron chi connectivity index (χ0n) is 21.2. The Morgan fingerprint density at radius 1 is 0.769 bits per heavy atom. The van der Waals surface area contributed by atoms with Crippen LogP contribution in [0.2, 0.25) is 10.0 Å². The molecule has 0 bridgehead atoms. The predicted octanol–water partition coefficient (Wildman–Crippen LogP) is 9.91. The van der Waals surface area contributed by atoms with Crippen LogP contribution < -0.4 is 0 Å². The molecule has 0 saturated carbocycles. The predicted molar refractivity (Wildman–Crippen MR) is 162 cm³/mol. The highest BCUT2D eigenvalue weighted by Gasteiger charge is 2.28. The van der Waals surface area contributed by atoms with Crippen molar-refractivity contribution in [1.82, 2.24) is 0 Å². The van der Waals surface area contributed by atoms with Gasteiger partial charge in [-0.15, -0.1) is 22.7 Å². The average molecular weight is 667 g/mol. The first-order valence-electron chi connectivity index (χ1n) is 11.3. The van der Waals surface area contributed by atoms with Crippen LogP contribution in [-0.2, 0) is 10.8 Å².